The number of aliphatic hydroxyl groups excluding tert-OH is 1. The minimum atomic E-state index is -1.06. The van der Waals surface area contributed by atoms with Crippen molar-refractivity contribution in [3.8, 4) is 5.75 Å². The molecular weight excluding hydrogens is 208 g/mol. The minimum absolute atomic E-state index is 0.537. The van der Waals surface area contributed by atoms with E-state index in [1.165, 1.54) is 13.1 Å². The number of hydrogen-bond acceptors (Lipinski definition) is 4. The highest BCUT2D eigenvalue weighted by Gasteiger charge is 2.05. The Labute approximate surface area is 93.7 Å². The van der Waals surface area contributed by atoms with Crippen LogP contribution in [0.25, 0.3) is 0 Å². The fraction of sp³-hybridized carbons (Fsp3) is 0.273. The first-order valence-electron chi connectivity index (χ1n) is 4.78. The molecule has 0 unspecified atom stereocenters. The van der Waals surface area contributed by atoms with Gasteiger partial charge in [0.15, 0.2) is 0 Å². The van der Waals surface area contributed by atoms with Gasteiger partial charge in [0.1, 0.15) is 11.9 Å². The Hall–Kier alpha value is -1.88. The molecule has 0 aliphatic rings. The van der Waals surface area contributed by atoms with Crippen molar-refractivity contribution in [3.05, 3.63) is 29.8 Å². The Bertz CT molecular complexity index is 371. The molecule has 0 heterocycles. The molecule has 86 valence electrons. The molecule has 0 radical (unpaired) electrons. The van der Waals surface area contributed by atoms with Crippen molar-refractivity contribution >= 4 is 12.1 Å². The molecule has 0 aliphatic heterocycles. The first-order valence-corrected chi connectivity index (χ1v) is 4.78. The number of methoxy groups -OCH3 is 1. The van der Waals surface area contributed by atoms with E-state index in [1.807, 2.05) is 0 Å². The highest BCUT2D eigenvalue weighted by molar-refractivity contribution is 5.84. The van der Waals surface area contributed by atoms with Gasteiger partial charge in [-0.15, -0.1) is 0 Å². The van der Waals surface area contributed by atoms with E-state index in [1.54, 1.807) is 31.4 Å². The number of aliphatic hydroxyl groups is 1. The van der Waals surface area contributed by atoms with Crippen molar-refractivity contribution in [1.82, 2.24) is 5.43 Å². The zero-order valence-corrected chi connectivity index (χ0v) is 9.18. The highest BCUT2D eigenvalue weighted by atomic mass is 16.5. The molecule has 0 bridgehead atoms. The molecule has 0 saturated carbocycles. The number of nitrogens with zero attached hydrogens (tertiary/aromatic N) is 1. The summed E-state index contributed by atoms with van der Waals surface area (Å²) in [4.78, 5) is 10.9. The first-order chi connectivity index (χ1) is 7.63. The lowest BCUT2D eigenvalue weighted by molar-refractivity contribution is -0.128. The lowest BCUT2D eigenvalue weighted by Gasteiger charge is -2.01. The van der Waals surface area contributed by atoms with E-state index in [0.717, 1.165) is 11.3 Å². The molecule has 5 heteroatoms. The molecule has 0 saturated heterocycles. The predicted molar refractivity (Wildman–Crippen MR) is 60.4 cm³/mol. The van der Waals surface area contributed by atoms with Crippen LogP contribution in [0.15, 0.2) is 29.4 Å². The van der Waals surface area contributed by atoms with Crippen LogP contribution in [0.1, 0.15) is 12.5 Å². The van der Waals surface area contributed by atoms with Gasteiger partial charge in [-0.05, 0) is 36.8 Å². The van der Waals surface area contributed by atoms with Crippen LogP contribution in [0.2, 0.25) is 0 Å². The Balaban J connectivity index is 2.53. The Kier molecular flexibility index (Phi) is 4.47. The number of carbonyl (C=O) groups is 1. The number of carbonyl (C=O) groups excluding carboxylic acids is 1. The second kappa shape index (κ2) is 5.87. The smallest absolute Gasteiger partial charge is 0.268 e. The summed E-state index contributed by atoms with van der Waals surface area (Å²) in [6.07, 6.45) is 0.424. The van der Waals surface area contributed by atoms with Crippen LogP contribution in [0.4, 0.5) is 0 Å². The van der Waals surface area contributed by atoms with Crippen molar-refractivity contribution in [3.63, 3.8) is 0 Å². The molecular formula is C11H14N2O3. The molecule has 2 N–H and O–H groups in total. The average Bonchev–Trinajstić information content (AvgIpc) is 2.29. The maximum Gasteiger partial charge on any atom is 0.268 e. The average molecular weight is 222 g/mol. The van der Waals surface area contributed by atoms with E-state index < -0.39 is 12.0 Å². The maximum atomic E-state index is 10.9. The van der Waals surface area contributed by atoms with Gasteiger partial charge in [0.2, 0.25) is 0 Å². The summed E-state index contributed by atoms with van der Waals surface area (Å²) in [5, 5.41) is 12.6. The van der Waals surface area contributed by atoms with Gasteiger partial charge in [0, 0.05) is 0 Å². The Morgan fingerprint density at radius 3 is 2.62 bits per heavy atom. The second-order valence-corrected chi connectivity index (χ2v) is 3.18. The number of rotatable bonds is 4. The van der Waals surface area contributed by atoms with Gasteiger partial charge in [-0.1, -0.05) is 0 Å². The molecule has 1 rings (SSSR count). The van der Waals surface area contributed by atoms with E-state index in [9.17, 15) is 4.79 Å². The summed E-state index contributed by atoms with van der Waals surface area (Å²) in [7, 11) is 1.59. The van der Waals surface area contributed by atoms with Gasteiger partial charge < -0.3 is 9.84 Å². The molecule has 0 spiro atoms. The van der Waals surface area contributed by atoms with Crippen molar-refractivity contribution in [1.29, 1.82) is 0 Å². The fourth-order valence-electron chi connectivity index (χ4n) is 0.954. The van der Waals surface area contributed by atoms with Crippen LogP contribution in [0.5, 0.6) is 5.75 Å². The molecule has 0 aliphatic carbocycles. The van der Waals surface area contributed by atoms with Crippen LogP contribution >= 0.6 is 0 Å². The van der Waals surface area contributed by atoms with Gasteiger partial charge in [0.05, 0.1) is 13.3 Å². The third-order valence-corrected chi connectivity index (χ3v) is 1.88. The fourth-order valence-corrected chi connectivity index (χ4v) is 0.954. The summed E-state index contributed by atoms with van der Waals surface area (Å²) >= 11 is 0. The number of nitrogens with one attached hydrogen (secondary N) is 1. The lowest BCUT2D eigenvalue weighted by atomic mass is 10.2. The summed E-state index contributed by atoms with van der Waals surface area (Å²) in [5.74, 6) is 0.218. The summed E-state index contributed by atoms with van der Waals surface area (Å²) < 4.78 is 5.00. The third-order valence-electron chi connectivity index (χ3n) is 1.88. The third kappa shape index (κ3) is 3.70. The topological polar surface area (TPSA) is 70.9 Å². The van der Waals surface area contributed by atoms with Gasteiger partial charge >= 0.3 is 0 Å². The van der Waals surface area contributed by atoms with Gasteiger partial charge in [0.25, 0.3) is 5.91 Å². The van der Waals surface area contributed by atoms with Gasteiger partial charge in [-0.3, -0.25) is 4.79 Å². The van der Waals surface area contributed by atoms with Crippen molar-refractivity contribution in [2.45, 2.75) is 13.0 Å². The molecule has 0 fully saturated rings. The largest absolute Gasteiger partial charge is 0.497 e. The minimum Gasteiger partial charge on any atom is -0.497 e. The summed E-state index contributed by atoms with van der Waals surface area (Å²) in [6.45, 7) is 1.37. The molecule has 16 heavy (non-hydrogen) atoms. The number of hydrazone groups is 1. The van der Waals surface area contributed by atoms with Crippen molar-refractivity contribution < 1.29 is 14.6 Å². The lowest BCUT2D eigenvalue weighted by Crippen LogP contribution is -2.28. The molecule has 1 aromatic carbocycles. The standard InChI is InChI=1S/C11H14N2O3/c1-8(14)11(15)13-12-7-9-3-5-10(16-2)6-4-9/h3-8,14H,1-2H3,(H,13,15)/b12-7-/t8-/m1/s1. The summed E-state index contributed by atoms with van der Waals surface area (Å²) in [6, 6.07) is 7.18. The van der Waals surface area contributed by atoms with Crippen LogP contribution < -0.4 is 10.2 Å². The van der Waals surface area contributed by atoms with Crippen LogP contribution in [-0.2, 0) is 4.79 Å². The molecule has 1 atom stereocenters. The van der Waals surface area contributed by atoms with Gasteiger partial charge in [-0.25, -0.2) is 5.43 Å². The Morgan fingerprint density at radius 2 is 2.12 bits per heavy atom. The van der Waals surface area contributed by atoms with E-state index in [-0.39, 0.29) is 0 Å². The Morgan fingerprint density at radius 1 is 1.50 bits per heavy atom. The quantitative estimate of drug-likeness (QED) is 0.576. The highest BCUT2D eigenvalue weighted by Crippen LogP contribution is 2.09. The molecule has 0 aromatic heterocycles. The molecule has 1 amide bonds. The molecule has 5 nitrogen and oxygen atoms in total. The van der Waals surface area contributed by atoms with Crippen LogP contribution in [0, 0.1) is 0 Å². The maximum absolute atomic E-state index is 10.9. The predicted octanol–water partition coefficient (Wildman–Crippen LogP) is 0.526. The second-order valence-electron chi connectivity index (χ2n) is 3.18. The van der Waals surface area contributed by atoms with Gasteiger partial charge in [-0.2, -0.15) is 5.10 Å². The normalized spacial score (nSPS) is 12.4. The number of hydrogen-bond donors (Lipinski definition) is 2. The number of benzene rings is 1. The van der Waals surface area contributed by atoms with E-state index >= 15 is 0 Å². The van der Waals surface area contributed by atoms with E-state index in [0.29, 0.717) is 0 Å². The van der Waals surface area contributed by atoms with E-state index in [4.69, 9.17) is 9.84 Å². The molecule has 1 aromatic rings. The summed E-state index contributed by atoms with van der Waals surface area (Å²) in [5.41, 5.74) is 3.03. The SMILES string of the molecule is COc1ccc(/C=N\NC(=O)[C@@H](C)O)cc1. The number of amides is 1. The van der Waals surface area contributed by atoms with Crippen molar-refractivity contribution in [2.75, 3.05) is 7.11 Å². The van der Waals surface area contributed by atoms with E-state index in [2.05, 4.69) is 10.5 Å². The monoisotopic (exact) mass is 222 g/mol. The van der Waals surface area contributed by atoms with Crippen LogP contribution in [-0.4, -0.2) is 30.4 Å². The number of ether oxygens (including phenoxy) is 1. The zero-order valence-electron chi connectivity index (χ0n) is 9.18. The zero-order chi connectivity index (χ0) is 12.0. The first kappa shape index (κ1) is 12.2. The van der Waals surface area contributed by atoms with Crippen molar-refractivity contribution in [2.24, 2.45) is 5.10 Å². The van der Waals surface area contributed by atoms with Crippen LogP contribution in [0.3, 0.4) is 0 Å².